The van der Waals surface area contributed by atoms with Crippen LogP contribution in [-0.4, -0.2) is 18.0 Å². The van der Waals surface area contributed by atoms with Crippen molar-refractivity contribution in [1.82, 2.24) is 4.98 Å². The maximum absolute atomic E-state index is 12.1. The number of hydrogen-bond donors (Lipinski definition) is 1. The van der Waals surface area contributed by atoms with E-state index in [4.69, 9.17) is 4.74 Å². The Morgan fingerprint density at radius 3 is 2.57 bits per heavy atom. The minimum atomic E-state index is -0.0795. The molecule has 0 saturated heterocycles. The summed E-state index contributed by atoms with van der Waals surface area (Å²) in [6.45, 7) is 0. The van der Waals surface area contributed by atoms with Crippen LogP contribution < -0.4 is 10.1 Å². The molecule has 0 spiro atoms. The lowest BCUT2D eigenvalue weighted by Crippen LogP contribution is -2.14. The summed E-state index contributed by atoms with van der Waals surface area (Å²) in [6.07, 6.45) is 2.09. The summed E-state index contributed by atoms with van der Waals surface area (Å²) in [6, 6.07) is 17.5. The average Bonchev–Trinajstić information content (AvgIpc) is 3.04. The Morgan fingerprint density at radius 1 is 1.13 bits per heavy atom. The highest BCUT2D eigenvalue weighted by molar-refractivity contribution is 7.19. The zero-order valence-electron chi connectivity index (χ0n) is 12.7. The van der Waals surface area contributed by atoms with Crippen LogP contribution in [0.2, 0.25) is 0 Å². The lowest BCUT2D eigenvalue weighted by molar-refractivity contribution is -0.115. The summed E-state index contributed by atoms with van der Waals surface area (Å²) in [7, 11) is 1.62. The molecule has 5 heteroatoms. The Kier molecular flexibility index (Phi) is 4.68. The summed E-state index contributed by atoms with van der Waals surface area (Å²) < 4.78 is 5.11. The first-order valence-corrected chi connectivity index (χ1v) is 8.00. The number of methoxy groups -OCH3 is 1. The second-order valence-corrected chi connectivity index (χ2v) is 6.00. The lowest BCUT2D eigenvalue weighted by atomic mass is 10.1. The van der Waals surface area contributed by atoms with Gasteiger partial charge in [-0.15, -0.1) is 0 Å². The van der Waals surface area contributed by atoms with Gasteiger partial charge in [-0.1, -0.05) is 53.8 Å². The van der Waals surface area contributed by atoms with Crippen LogP contribution in [0.1, 0.15) is 5.56 Å². The third-order valence-corrected chi connectivity index (χ3v) is 4.30. The topological polar surface area (TPSA) is 51.2 Å². The number of thiazole rings is 1. The van der Waals surface area contributed by atoms with Crippen molar-refractivity contribution in [2.75, 3.05) is 12.4 Å². The van der Waals surface area contributed by atoms with E-state index in [0.29, 0.717) is 11.6 Å². The molecule has 4 nitrogen and oxygen atoms in total. The zero-order valence-corrected chi connectivity index (χ0v) is 13.5. The van der Waals surface area contributed by atoms with Crippen LogP contribution in [0.3, 0.4) is 0 Å². The number of amides is 1. The van der Waals surface area contributed by atoms with Crippen molar-refractivity contribution in [3.05, 3.63) is 66.4 Å². The number of aromatic nitrogens is 1. The van der Waals surface area contributed by atoms with Crippen LogP contribution in [-0.2, 0) is 11.2 Å². The van der Waals surface area contributed by atoms with E-state index in [1.807, 2.05) is 54.6 Å². The number of carbonyl (C=O) groups is 1. The smallest absolute Gasteiger partial charge is 0.230 e. The normalized spacial score (nSPS) is 10.3. The first kappa shape index (κ1) is 15.2. The van der Waals surface area contributed by atoms with Gasteiger partial charge in [-0.05, 0) is 23.3 Å². The number of anilines is 1. The lowest BCUT2D eigenvalue weighted by Gasteiger charge is -2.03. The molecule has 3 aromatic rings. The number of hydrogen-bond acceptors (Lipinski definition) is 4. The quantitative estimate of drug-likeness (QED) is 0.772. The predicted molar refractivity (Wildman–Crippen MR) is 92.9 cm³/mol. The van der Waals surface area contributed by atoms with Crippen LogP contribution in [0.5, 0.6) is 5.75 Å². The molecule has 0 bridgehead atoms. The van der Waals surface area contributed by atoms with E-state index in [0.717, 1.165) is 21.8 Å². The molecule has 0 atom stereocenters. The maximum Gasteiger partial charge on any atom is 0.230 e. The van der Waals surface area contributed by atoms with Crippen molar-refractivity contribution in [2.24, 2.45) is 0 Å². The van der Waals surface area contributed by atoms with Crippen LogP contribution in [0.15, 0.2) is 60.8 Å². The SMILES string of the molecule is COc1ccc(CC(=O)Nc2ncc(-c3ccccc3)s2)cc1. The van der Waals surface area contributed by atoms with Gasteiger partial charge in [0.05, 0.1) is 18.4 Å². The molecule has 2 aromatic carbocycles. The van der Waals surface area contributed by atoms with Crippen molar-refractivity contribution >= 4 is 22.4 Å². The average molecular weight is 324 g/mol. The van der Waals surface area contributed by atoms with Crippen molar-refractivity contribution in [3.63, 3.8) is 0 Å². The highest BCUT2D eigenvalue weighted by Gasteiger charge is 2.09. The summed E-state index contributed by atoms with van der Waals surface area (Å²) >= 11 is 1.47. The van der Waals surface area contributed by atoms with E-state index in [2.05, 4.69) is 10.3 Å². The Balaban J connectivity index is 1.63. The molecule has 0 radical (unpaired) electrons. The van der Waals surface area contributed by atoms with Crippen molar-refractivity contribution < 1.29 is 9.53 Å². The second-order valence-electron chi connectivity index (χ2n) is 4.97. The third-order valence-electron chi connectivity index (χ3n) is 3.33. The van der Waals surface area contributed by atoms with E-state index in [9.17, 15) is 4.79 Å². The molecule has 0 aliphatic carbocycles. The molecule has 0 saturated carbocycles. The molecule has 1 amide bonds. The number of carbonyl (C=O) groups excluding carboxylic acids is 1. The number of ether oxygens (including phenoxy) is 1. The molecule has 23 heavy (non-hydrogen) atoms. The summed E-state index contributed by atoms with van der Waals surface area (Å²) in [5, 5.41) is 3.46. The summed E-state index contributed by atoms with van der Waals surface area (Å²) in [5.74, 6) is 0.700. The molecule has 1 N–H and O–H groups in total. The molecular weight excluding hydrogens is 308 g/mol. The third kappa shape index (κ3) is 3.96. The van der Waals surface area contributed by atoms with Gasteiger partial charge in [0.2, 0.25) is 5.91 Å². The molecular formula is C18H16N2O2S. The Hall–Kier alpha value is -2.66. The molecule has 1 aromatic heterocycles. The maximum atomic E-state index is 12.1. The minimum Gasteiger partial charge on any atom is -0.497 e. The number of benzene rings is 2. The van der Waals surface area contributed by atoms with Crippen molar-refractivity contribution in [1.29, 1.82) is 0 Å². The van der Waals surface area contributed by atoms with E-state index < -0.39 is 0 Å². The number of nitrogens with zero attached hydrogens (tertiary/aromatic N) is 1. The summed E-state index contributed by atoms with van der Waals surface area (Å²) in [5.41, 5.74) is 2.03. The fourth-order valence-electron chi connectivity index (χ4n) is 2.16. The monoisotopic (exact) mass is 324 g/mol. The van der Waals surface area contributed by atoms with Crippen LogP contribution >= 0.6 is 11.3 Å². The van der Waals surface area contributed by atoms with Gasteiger partial charge in [-0.2, -0.15) is 0 Å². The Bertz CT molecular complexity index is 782. The molecule has 0 fully saturated rings. The van der Waals surface area contributed by atoms with Gasteiger partial charge >= 0.3 is 0 Å². The first-order chi connectivity index (χ1) is 11.2. The molecule has 0 aliphatic heterocycles. The van der Waals surface area contributed by atoms with Crippen LogP contribution in [0, 0.1) is 0 Å². The standard InChI is InChI=1S/C18H16N2O2S/c1-22-15-9-7-13(8-10-15)11-17(21)20-18-19-12-16(23-18)14-5-3-2-4-6-14/h2-10,12H,11H2,1H3,(H,19,20,21). The van der Waals surface area contributed by atoms with E-state index in [-0.39, 0.29) is 5.91 Å². The summed E-state index contributed by atoms with van der Waals surface area (Å²) in [4.78, 5) is 17.4. The minimum absolute atomic E-state index is 0.0795. The Morgan fingerprint density at radius 2 is 1.87 bits per heavy atom. The molecule has 0 aliphatic rings. The highest BCUT2D eigenvalue weighted by Crippen LogP contribution is 2.28. The Labute approximate surface area is 138 Å². The van der Waals surface area contributed by atoms with Gasteiger partial charge < -0.3 is 10.1 Å². The van der Waals surface area contributed by atoms with Gasteiger partial charge in [0, 0.05) is 6.20 Å². The van der Waals surface area contributed by atoms with Gasteiger partial charge in [0.15, 0.2) is 5.13 Å². The van der Waals surface area contributed by atoms with Crippen LogP contribution in [0.4, 0.5) is 5.13 Å². The molecule has 116 valence electrons. The highest BCUT2D eigenvalue weighted by atomic mass is 32.1. The molecule has 1 heterocycles. The van der Waals surface area contributed by atoms with E-state index in [1.165, 1.54) is 11.3 Å². The predicted octanol–water partition coefficient (Wildman–Crippen LogP) is 4.00. The van der Waals surface area contributed by atoms with E-state index in [1.54, 1.807) is 13.3 Å². The van der Waals surface area contributed by atoms with Crippen molar-refractivity contribution in [3.8, 4) is 16.2 Å². The van der Waals surface area contributed by atoms with Crippen molar-refractivity contribution in [2.45, 2.75) is 6.42 Å². The molecule has 3 rings (SSSR count). The largest absolute Gasteiger partial charge is 0.497 e. The fraction of sp³-hybridized carbons (Fsp3) is 0.111. The number of nitrogens with one attached hydrogen (secondary N) is 1. The van der Waals surface area contributed by atoms with Gasteiger partial charge in [-0.25, -0.2) is 4.98 Å². The fourth-order valence-corrected chi connectivity index (χ4v) is 3.00. The van der Waals surface area contributed by atoms with Crippen LogP contribution in [0.25, 0.3) is 10.4 Å². The number of rotatable bonds is 5. The second kappa shape index (κ2) is 7.07. The van der Waals surface area contributed by atoms with Gasteiger partial charge in [0.1, 0.15) is 5.75 Å². The van der Waals surface area contributed by atoms with Gasteiger partial charge in [-0.3, -0.25) is 4.79 Å². The first-order valence-electron chi connectivity index (χ1n) is 7.18. The zero-order chi connectivity index (χ0) is 16.1. The van der Waals surface area contributed by atoms with E-state index >= 15 is 0 Å². The molecule has 0 unspecified atom stereocenters. The van der Waals surface area contributed by atoms with Gasteiger partial charge in [0.25, 0.3) is 0 Å².